The van der Waals surface area contributed by atoms with E-state index in [0.29, 0.717) is 5.56 Å². The Hall–Kier alpha value is -3.67. The van der Waals surface area contributed by atoms with Crippen LogP contribution in [-0.2, 0) is 4.74 Å². The summed E-state index contributed by atoms with van der Waals surface area (Å²) < 4.78 is 30.9. The summed E-state index contributed by atoms with van der Waals surface area (Å²) in [5, 5.41) is 0. The van der Waals surface area contributed by atoms with Crippen LogP contribution in [0.5, 0.6) is 11.5 Å². The van der Waals surface area contributed by atoms with Crippen LogP contribution in [0.3, 0.4) is 0 Å². The SMILES string of the molecule is CCCCCCCCCCCCOc1ccc(-c2ccc(C(=O)Oc3ccc(C(=O)OC[C@@H](C)CC)c(F)c3)cc2)cc1. The van der Waals surface area contributed by atoms with E-state index in [-0.39, 0.29) is 23.8 Å². The third-order valence-corrected chi connectivity index (χ3v) is 7.64. The van der Waals surface area contributed by atoms with Gasteiger partial charge in [0, 0.05) is 6.07 Å². The van der Waals surface area contributed by atoms with E-state index in [1.807, 2.05) is 50.2 Å². The monoisotopic (exact) mass is 590 g/mol. The van der Waals surface area contributed by atoms with Crippen molar-refractivity contribution in [2.24, 2.45) is 5.92 Å². The van der Waals surface area contributed by atoms with E-state index in [1.54, 1.807) is 12.1 Å². The number of esters is 2. The van der Waals surface area contributed by atoms with Crippen molar-refractivity contribution >= 4 is 11.9 Å². The summed E-state index contributed by atoms with van der Waals surface area (Å²) in [7, 11) is 0. The maximum Gasteiger partial charge on any atom is 0.343 e. The first-order valence-corrected chi connectivity index (χ1v) is 15.9. The van der Waals surface area contributed by atoms with Gasteiger partial charge in [-0.1, -0.05) is 109 Å². The Bertz CT molecular complexity index is 1250. The Kier molecular flexibility index (Phi) is 14.8. The van der Waals surface area contributed by atoms with Gasteiger partial charge in [-0.3, -0.25) is 0 Å². The van der Waals surface area contributed by atoms with E-state index >= 15 is 0 Å². The van der Waals surface area contributed by atoms with Crippen LogP contribution in [0.25, 0.3) is 11.1 Å². The molecule has 3 aromatic carbocycles. The molecule has 0 heterocycles. The van der Waals surface area contributed by atoms with Crippen LogP contribution in [0.2, 0.25) is 0 Å². The first-order chi connectivity index (χ1) is 20.9. The van der Waals surface area contributed by atoms with Crippen LogP contribution in [0.1, 0.15) is 112 Å². The normalized spacial score (nSPS) is 11.6. The summed E-state index contributed by atoms with van der Waals surface area (Å²) in [4.78, 5) is 24.8. The molecule has 0 aliphatic heterocycles. The fourth-order valence-corrected chi connectivity index (χ4v) is 4.63. The van der Waals surface area contributed by atoms with Gasteiger partial charge >= 0.3 is 11.9 Å². The summed E-state index contributed by atoms with van der Waals surface area (Å²) in [5.74, 6) is -1.10. The highest BCUT2D eigenvalue weighted by Gasteiger charge is 2.17. The maximum absolute atomic E-state index is 14.5. The fourth-order valence-electron chi connectivity index (χ4n) is 4.63. The van der Waals surface area contributed by atoms with Crippen LogP contribution in [0, 0.1) is 11.7 Å². The van der Waals surface area contributed by atoms with E-state index in [2.05, 4.69) is 6.92 Å². The molecule has 0 aromatic heterocycles. The molecule has 0 N–H and O–H groups in total. The molecular weight excluding hydrogens is 543 g/mol. The number of unbranched alkanes of at least 4 members (excludes halogenated alkanes) is 9. The minimum absolute atomic E-state index is 0.0125. The topological polar surface area (TPSA) is 61.8 Å². The number of halogens is 1. The Morgan fingerprint density at radius 2 is 1.26 bits per heavy atom. The predicted molar refractivity (Wildman–Crippen MR) is 170 cm³/mol. The number of hydrogen-bond donors (Lipinski definition) is 0. The third-order valence-electron chi connectivity index (χ3n) is 7.64. The van der Waals surface area contributed by atoms with Crippen molar-refractivity contribution in [3.63, 3.8) is 0 Å². The standard InChI is InChI=1S/C37H47FO5/c1-4-6-7-8-9-10-11-12-13-14-25-41-32-21-19-30(20-22-32)29-15-17-31(18-16-29)36(39)43-33-23-24-34(35(38)26-33)37(40)42-27-28(3)5-2/h15-24,26,28H,4-14,25,27H2,1-3H3/t28-/m0/s1. The molecule has 0 amide bonds. The first kappa shape index (κ1) is 33.8. The average Bonchev–Trinajstić information content (AvgIpc) is 3.02. The Morgan fingerprint density at radius 1 is 0.698 bits per heavy atom. The maximum atomic E-state index is 14.5. The fraction of sp³-hybridized carbons (Fsp3) is 0.459. The molecule has 0 saturated heterocycles. The molecule has 0 spiro atoms. The molecule has 0 aliphatic rings. The molecule has 6 heteroatoms. The molecule has 3 aromatic rings. The van der Waals surface area contributed by atoms with Crippen molar-refractivity contribution in [1.29, 1.82) is 0 Å². The summed E-state index contributed by atoms with van der Waals surface area (Å²) >= 11 is 0. The van der Waals surface area contributed by atoms with E-state index < -0.39 is 17.8 Å². The van der Waals surface area contributed by atoms with Crippen molar-refractivity contribution in [3.05, 3.63) is 83.7 Å². The number of rotatable bonds is 19. The second-order valence-corrected chi connectivity index (χ2v) is 11.3. The van der Waals surface area contributed by atoms with Crippen molar-refractivity contribution in [3.8, 4) is 22.6 Å². The quantitative estimate of drug-likeness (QED) is 0.0790. The van der Waals surface area contributed by atoms with E-state index in [9.17, 15) is 14.0 Å². The van der Waals surface area contributed by atoms with Crippen molar-refractivity contribution in [2.45, 2.75) is 91.4 Å². The number of hydrogen-bond acceptors (Lipinski definition) is 5. The minimum Gasteiger partial charge on any atom is -0.494 e. The van der Waals surface area contributed by atoms with E-state index in [0.717, 1.165) is 42.4 Å². The molecule has 1 atom stereocenters. The van der Waals surface area contributed by atoms with Gasteiger partial charge in [-0.25, -0.2) is 14.0 Å². The Balaban J connectivity index is 1.41. The molecule has 232 valence electrons. The lowest BCUT2D eigenvalue weighted by Gasteiger charge is -2.11. The van der Waals surface area contributed by atoms with Gasteiger partial charge in [0.05, 0.1) is 24.3 Å². The molecule has 0 fully saturated rings. The summed E-state index contributed by atoms with van der Waals surface area (Å²) in [6.07, 6.45) is 13.9. The highest BCUT2D eigenvalue weighted by atomic mass is 19.1. The predicted octanol–water partition coefficient (Wildman–Crippen LogP) is 10.2. The lowest BCUT2D eigenvalue weighted by atomic mass is 10.0. The van der Waals surface area contributed by atoms with Gasteiger partial charge in [0.1, 0.15) is 17.3 Å². The second kappa shape index (κ2) is 18.8. The lowest BCUT2D eigenvalue weighted by Crippen LogP contribution is -2.13. The lowest BCUT2D eigenvalue weighted by molar-refractivity contribution is 0.0441. The molecule has 0 aliphatic carbocycles. The van der Waals surface area contributed by atoms with Gasteiger partial charge < -0.3 is 14.2 Å². The van der Waals surface area contributed by atoms with Crippen LogP contribution >= 0.6 is 0 Å². The number of ether oxygens (including phenoxy) is 3. The molecule has 0 unspecified atom stereocenters. The van der Waals surface area contributed by atoms with Crippen LogP contribution < -0.4 is 9.47 Å². The number of benzene rings is 3. The molecule has 43 heavy (non-hydrogen) atoms. The molecule has 0 radical (unpaired) electrons. The molecule has 0 bridgehead atoms. The van der Waals surface area contributed by atoms with Gasteiger partial charge in [-0.2, -0.15) is 0 Å². The zero-order valence-corrected chi connectivity index (χ0v) is 26.0. The molecule has 0 saturated carbocycles. The van der Waals surface area contributed by atoms with E-state index in [1.165, 1.54) is 69.9 Å². The van der Waals surface area contributed by atoms with Gasteiger partial charge in [0.25, 0.3) is 0 Å². The number of carbonyl (C=O) groups excluding carboxylic acids is 2. The van der Waals surface area contributed by atoms with Crippen molar-refractivity contribution in [1.82, 2.24) is 0 Å². The van der Waals surface area contributed by atoms with Crippen LogP contribution in [0.4, 0.5) is 4.39 Å². The first-order valence-electron chi connectivity index (χ1n) is 15.9. The van der Waals surface area contributed by atoms with Gasteiger partial charge in [0.15, 0.2) is 0 Å². The van der Waals surface area contributed by atoms with E-state index in [4.69, 9.17) is 14.2 Å². The highest BCUT2D eigenvalue weighted by Crippen LogP contribution is 2.24. The number of carbonyl (C=O) groups is 2. The molecule has 5 nitrogen and oxygen atoms in total. The van der Waals surface area contributed by atoms with Gasteiger partial charge in [0.2, 0.25) is 0 Å². The zero-order chi connectivity index (χ0) is 30.9. The van der Waals surface area contributed by atoms with Gasteiger partial charge in [-0.05, 0) is 59.9 Å². The van der Waals surface area contributed by atoms with Gasteiger partial charge in [-0.15, -0.1) is 0 Å². The summed E-state index contributed by atoms with van der Waals surface area (Å²) in [6.45, 7) is 7.14. The summed E-state index contributed by atoms with van der Waals surface area (Å²) in [6, 6.07) is 18.6. The average molecular weight is 591 g/mol. The summed E-state index contributed by atoms with van der Waals surface area (Å²) in [5.41, 5.74) is 2.09. The second-order valence-electron chi connectivity index (χ2n) is 11.3. The van der Waals surface area contributed by atoms with Crippen molar-refractivity contribution in [2.75, 3.05) is 13.2 Å². The van der Waals surface area contributed by atoms with Crippen LogP contribution in [0.15, 0.2) is 66.7 Å². The van der Waals surface area contributed by atoms with Crippen molar-refractivity contribution < 1.29 is 28.2 Å². The van der Waals surface area contributed by atoms with Crippen LogP contribution in [-0.4, -0.2) is 25.2 Å². The smallest absolute Gasteiger partial charge is 0.343 e. The zero-order valence-electron chi connectivity index (χ0n) is 26.0. The largest absolute Gasteiger partial charge is 0.494 e. The Labute approximate surface area is 256 Å². The third kappa shape index (κ3) is 11.9. The highest BCUT2D eigenvalue weighted by molar-refractivity contribution is 5.92. The minimum atomic E-state index is -0.800. The molecular formula is C37H47FO5. The Morgan fingerprint density at radius 3 is 1.84 bits per heavy atom. The molecule has 3 rings (SSSR count).